The molecule has 7 nitrogen and oxygen atoms in total. The summed E-state index contributed by atoms with van der Waals surface area (Å²) in [5.74, 6) is -0.00465. The number of rotatable bonds is 5. The van der Waals surface area contributed by atoms with Crippen LogP contribution in [-0.2, 0) is 21.2 Å². The van der Waals surface area contributed by atoms with E-state index in [1.54, 1.807) is 18.2 Å². The first-order valence-electron chi connectivity index (χ1n) is 10.9. The normalized spacial score (nSPS) is 18.7. The molecule has 0 bridgehead atoms. The lowest BCUT2D eigenvalue weighted by Crippen LogP contribution is -2.25. The van der Waals surface area contributed by atoms with Gasteiger partial charge in [-0.3, -0.25) is 9.59 Å². The molecule has 0 aromatic heterocycles. The van der Waals surface area contributed by atoms with Crippen molar-refractivity contribution in [2.75, 3.05) is 37.4 Å². The van der Waals surface area contributed by atoms with Crippen LogP contribution in [-0.4, -0.2) is 51.6 Å². The minimum Gasteiger partial charge on any atom is -0.371 e. The number of Topliss-reactive ketones (excluding diaryl/α,β-unsaturated/α-hetero) is 1. The zero-order valence-corrected chi connectivity index (χ0v) is 19.5. The van der Waals surface area contributed by atoms with E-state index in [0.717, 1.165) is 47.1 Å². The van der Waals surface area contributed by atoms with E-state index in [9.17, 15) is 18.0 Å². The number of benzene rings is 2. The van der Waals surface area contributed by atoms with Crippen molar-refractivity contribution in [2.24, 2.45) is 0 Å². The molecule has 4 rings (SSSR count). The molecular formula is C24H29N3O4S. The van der Waals surface area contributed by atoms with Crippen LogP contribution < -0.4 is 10.2 Å². The van der Waals surface area contributed by atoms with E-state index in [2.05, 4.69) is 10.2 Å². The molecule has 1 N–H and O–H groups in total. The van der Waals surface area contributed by atoms with E-state index in [1.807, 2.05) is 19.1 Å². The molecule has 32 heavy (non-hydrogen) atoms. The Labute approximate surface area is 189 Å². The van der Waals surface area contributed by atoms with Gasteiger partial charge in [0, 0.05) is 51.4 Å². The summed E-state index contributed by atoms with van der Waals surface area (Å²) < 4.78 is 26.5. The third-order valence-electron chi connectivity index (χ3n) is 6.29. The molecule has 2 aromatic rings. The first-order valence-corrected chi connectivity index (χ1v) is 12.4. The smallest absolute Gasteiger partial charge is 0.257 e. The van der Waals surface area contributed by atoms with E-state index in [0.29, 0.717) is 24.1 Å². The lowest BCUT2D eigenvalue weighted by Gasteiger charge is -2.24. The molecule has 1 heterocycles. The fourth-order valence-corrected chi connectivity index (χ4v) is 5.46. The van der Waals surface area contributed by atoms with Gasteiger partial charge in [-0.1, -0.05) is 13.0 Å². The van der Waals surface area contributed by atoms with Gasteiger partial charge in [0.15, 0.2) is 0 Å². The van der Waals surface area contributed by atoms with Crippen molar-refractivity contribution < 1.29 is 18.0 Å². The Hall–Kier alpha value is -2.71. The Balaban J connectivity index is 1.69. The van der Waals surface area contributed by atoms with Crippen LogP contribution in [0, 0.1) is 0 Å². The van der Waals surface area contributed by atoms with Crippen LogP contribution in [0.5, 0.6) is 0 Å². The van der Waals surface area contributed by atoms with E-state index in [-0.39, 0.29) is 22.5 Å². The van der Waals surface area contributed by atoms with Crippen LogP contribution in [0.25, 0.3) is 0 Å². The van der Waals surface area contributed by atoms with Gasteiger partial charge in [0.05, 0.1) is 10.5 Å². The standard InChI is InChI=1S/C24H29N3O4S/c1-16-12-19(28)13-17-6-7-18(14-21(16)17)25-24(29)22-15-20(32(30,31)26(2)3)8-9-23(22)27-10-4-5-11-27/h6-9,14-16H,4-5,10-13H2,1-3H3,(H,25,29). The average Bonchev–Trinajstić information content (AvgIpc) is 3.28. The minimum absolute atomic E-state index is 0.0909. The molecular weight excluding hydrogens is 426 g/mol. The average molecular weight is 456 g/mol. The number of ketones is 1. The predicted molar refractivity (Wildman–Crippen MR) is 125 cm³/mol. The highest BCUT2D eigenvalue weighted by molar-refractivity contribution is 7.89. The number of nitrogens with zero attached hydrogens (tertiary/aromatic N) is 2. The predicted octanol–water partition coefficient (Wildman–Crippen LogP) is 3.41. The molecule has 2 aliphatic rings. The zero-order chi connectivity index (χ0) is 23.0. The molecule has 170 valence electrons. The maximum Gasteiger partial charge on any atom is 0.257 e. The zero-order valence-electron chi connectivity index (χ0n) is 18.7. The summed E-state index contributed by atoms with van der Waals surface area (Å²) >= 11 is 0. The van der Waals surface area contributed by atoms with Gasteiger partial charge in [0.1, 0.15) is 5.78 Å². The first kappa shape index (κ1) is 22.5. The minimum atomic E-state index is -3.67. The largest absolute Gasteiger partial charge is 0.371 e. The van der Waals surface area contributed by atoms with Crippen LogP contribution in [0.2, 0.25) is 0 Å². The molecule has 0 saturated carbocycles. The summed E-state index contributed by atoms with van der Waals surface area (Å²) in [6.07, 6.45) is 3.02. The number of hydrogen-bond donors (Lipinski definition) is 1. The quantitative estimate of drug-likeness (QED) is 0.747. The van der Waals surface area contributed by atoms with Crippen molar-refractivity contribution in [1.82, 2.24) is 4.31 Å². The molecule has 1 aliphatic heterocycles. The molecule has 1 atom stereocenters. The second kappa shape index (κ2) is 8.67. The van der Waals surface area contributed by atoms with Crippen LogP contribution in [0.4, 0.5) is 11.4 Å². The van der Waals surface area contributed by atoms with E-state index in [4.69, 9.17) is 0 Å². The molecule has 0 spiro atoms. The molecule has 8 heteroatoms. The van der Waals surface area contributed by atoms with Gasteiger partial charge in [-0.2, -0.15) is 0 Å². The Morgan fingerprint density at radius 1 is 1.09 bits per heavy atom. The fourth-order valence-electron chi connectivity index (χ4n) is 4.53. The van der Waals surface area contributed by atoms with Crippen molar-refractivity contribution in [3.05, 3.63) is 53.1 Å². The molecule has 1 unspecified atom stereocenters. The highest BCUT2D eigenvalue weighted by atomic mass is 32.2. The van der Waals surface area contributed by atoms with Crippen LogP contribution >= 0.6 is 0 Å². The third kappa shape index (κ3) is 4.29. The second-order valence-electron chi connectivity index (χ2n) is 8.85. The van der Waals surface area contributed by atoms with Crippen molar-refractivity contribution in [3.63, 3.8) is 0 Å². The second-order valence-corrected chi connectivity index (χ2v) is 11.0. The molecule has 1 aliphatic carbocycles. The summed E-state index contributed by atoms with van der Waals surface area (Å²) in [5.41, 5.74) is 3.81. The maximum atomic E-state index is 13.3. The van der Waals surface area contributed by atoms with Gasteiger partial charge in [0.2, 0.25) is 10.0 Å². The summed E-state index contributed by atoms with van der Waals surface area (Å²) in [7, 11) is -0.718. The number of anilines is 2. The lowest BCUT2D eigenvalue weighted by atomic mass is 9.83. The van der Waals surface area contributed by atoms with Crippen molar-refractivity contribution >= 4 is 33.1 Å². The number of amides is 1. The van der Waals surface area contributed by atoms with Gasteiger partial charge < -0.3 is 10.2 Å². The number of fused-ring (bicyclic) bond motifs is 1. The van der Waals surface area contributed by atoms with Crippen LogP contribution in [0.3, 0.4) is 0 Å². The Morgan fingerprint density at radius 3 is 2.50 bits per heavy atom. The van der Waals surface area contributed by atoms with Gasteiger partial charge in [0.25, 0.3) is 5.91 Å². The van der Waals surface area contributed by atoms with E-state index >= 15 is 0 Å². The van der Waals surface area contributed by atoms with Crippen LogP contribution in [0.15, 0.2) is 41.3 Å². The van der Waals surface area contributed by atoms with Crippen LogP contribution in [0.1, 0.15) is 53.6 Å². The molecule has 1 fully saturated rings. The van der Waals surface area contributed by atoms with Gasteiger partial charge in [-0.15, -0.1) is 0 Å². The summed E-state index contributed by atoms with van der Waals surface area (Å²) in [6, 6.07) is 10.4. The highest BCUT2D eigenvalue weighted by Crippen LogP contribution is 2.33. The summed E-state index contributed by atoms with van der Waals surface area (Å²) in [6.45, 7) is 3.69. The topological polar surface area (TPSA) is 86.8 Å². The number of carbonyl (C=O) groups is 2. The number of carbonyl (C=O) groups excluding carboxylic acids is 2. The van der Waals surface area contributed by atoms with Gasteiger partial charge >= 0.3 is 0 Å². The van der Waals surface area contributed by atoms with E-state index in [1.165, 1.54) is 20.2 Å². The Kier molecular flexibility index (Phi) is 6.09. The van der Waals surface area contributed by atoms with Crippen molar-refractivity contribution in [3.8, 4) is 0 Å². The first-order chi connectivity index (χ1) is 15.2. The Morgan fingerprint density at radius 2 is 1.81 bits per heavy atom. The number of hydrogen-bond acceptors (Lipinski definition) is 5. The van der Waals surface area contributed by atoms with Crippen molar-refractivity contribution in [2.45, 2.75) is 43.4 Å². The van der Waals surface area contributed by atoms with E-state index < -0.39 is 10.0 Å². The fraction of sp³-hybridized carbons (Fsp3) is 0.417. The monoisotopic (exact) mass is 455 g/mol. The summed E-state index contributed by atoms with van der Waals surface area (Å²) in [5, 5.41) is 2.95. The molecule has 1 amide bonds. The Bertz CT molecular complexity index is 1170. The van der Waals surface area contributed by atoms with Crippen molar-refractivity contribution in [1.29, 1.82) is 0 Å². The number of sulfonamides is 1. The van der Waals surface area contributed by atoms with Gasteiger partial charge in [-0.05, 0) is 60.2 Å². The third-order valence-corrected chi connectivity index (χ3v) is 8.11. The van der Waals surface area contributed by atoms with Gasteiger partial charge in [-0.25, -0.2) is 12.7 Å². The maximum absolute atomic E-state index is 13.3. The lowest BCUT2D eigenvalue weighted by molar-refractivity contribution is -0.119. The molecule has 2 aromatic carbocycles. The molecule has 1 saturated heterocycles. The number of nitrogens with one attached hydrogen (secondary N) is 1. The SMILES string of the molecule is CC1CC(=O)Cc2ccc(NC(=O)c3cc(S(=O)(=O)N(C)C)ccc3N3CCCC3)cc21. The summed E-state index contributed by atoms with van der Waals surface area (Å²) in [4.78, 5) is 27.4. The highest BCUT2D eigenvalue weighted by Gasteiger charge is 2.26. The molecule has 0 radical (unpaired) electrons.